The van der Waals surface area contributed by atoms with Gasteiger partial charge in [0, 0.05) is 5.69 Å². The summed E-state index contributed by atoms with van der Waals surface area (Å²) in [7, 11) is 0. The van der Waals surface area contributed by atoms with Crippen LogP contribution in [0.1, 0.15) is 29.7 Å². The third-order valence-corrected chi connectivity index (χ3v) is 3.42. The molecule has 1 atom stereocenters. The molecule has 0 fully saturated rings. The molecule has 0 aliphatic heterocycles. The van der Waals surface area contributed by atoms with Gasteiger partial charge in [0.05, 0.1) is 6.04 Å². The molecule has 0 aliphatic rings. The molecule has 2 nitrogen and oxygen atoms in total. The first-order valence-corrected chi connectivity index (χ1v) is 7.16. The number of aryl methyl sites for hydroxylation is 2. The van der Waals surface area contributed by atoms with Gasteiger partial charge in [0.15, 0.2) is 5.11 Å². The standard InChI is InChI=1S/C17H20N2S/c1-12-7-9-15(10-8-12)14(3)18-17(20)19-16-6-4-5-13(2)11-16/h4-11,14H,1-3H3,(H2,18,19,20). The van der Waals surface area contributed by atoms with Crippen molar-refractivity contribution in [3.05, 3.63) is 65.2 Å². The molecule has 2 N–H and O–H groups in total. The van der Waals surface area contributed by atoms with Crippen molar-refractivity contribution in [3.8, 4) is 0 Å². The van der Waals surface area contributed by atoms with E-state index in [0.29, 0.717) is 5.11 Å². The molecule has 1 unspecified atom stereocenters. The molecular formula is C17H20N2S. The molecule has 0 saturated carbocycles. The minimum absolute atomic E-state index is 0.181. The maximum atomic E-state index is 5.36. The molecular weight excluding hydrogens is 264 g/mol. The van der Waals surface area contributed by atoms with Crippen LogP contribution in [0.15, 0.2) is 48.5 Å². The van der Waals surface area contributed by atoms with Gasteiger partial charge in [0.25, 0.3) is 0 Å². The van der Waals surface area contributed by atoms with Crippen LogP contribution in [-0.2, 0) is 0 Å². The summed E-state index contributed by atoms with van der Waals surface area (Å²) in [5.74, 6) is 0. The van der Waals surface area contributed by atoms with E-state index >= 15 is 0 Å². The summed E-state index contributed by atoms with van der Waals surface area (Å²) in [6, 6.07) is 16.8. The van der Waals surface area contributed by atoms with Crippen molar-refractivity contribution >= 4 is 23.0 Å². The lowest BCUT2D eigenvalue weighted by Gasteiger charge is -2.17. The third-order valence-electron chi connectivity index (χ3n) is 3.20. The van der Waals surface area contributed by atoms with E-state index in [4.69, 9.17) is 12.2 Å². The maximum absolute atomic E-state index is 5.36. The predicted octanol–water partition coefficient (Wildman–Crippen LogP) is 4.35. The van der Waals surface area contributed by atoms with Gasteiger partial charge in [-0.2, -0.15) is 0 Å². The number of hydrogen-bond donors (Lipinski definition) is 2. The van der Waals surface area contributed by atoms with Crippen molar-refractivity contribution < 1.29 is 0 Å². The predicted molar refractivity (Wildman–Crippen MR) is 90.1 cm³/mol. The zero-order valence-corrected chi connectivity index (χ0v) is 12.9. The SMILES string of the molecule is Cc1ccc(C(C)NC(=S)Nc2cccc(C)c2)cc1. The number of thiocarbonyl (C=S) groups is 1. The Morgan fingerprint density at radius 3 is 2.35 bits per heavy atom. The van der Waals surface area contributed by atoms with Crippen LogP contribution in [0.3, 0.4) is 0 Å². The van der Waals surface area contributed by atoms with Crippen molar-refractivity contribution in [2.75, 3.05) is 5.32 Å². The van der Waals surface area contributed by atoms with Crippen LogP contribution in [0.4, 0.5) is 5.69 Å². The maximum Gasteiger partial charge on any atom is 0.171 e. The molecule has 0 amide bonds. The van der Waals surface area contributed by atoms with Gasteiger partial charge in [-0.15, -0.1) is 0 Å². The van der Waals surface area contributed by atoms with E-state index in [1.807, 2.05) is 12.1 Å². The van der Waals surface area contributed by atoms with Crippen LogP contribution in [0, 0.1) is 13.8 Å². The molecule has 2 aromatic carbocycles. The van der Waals surface area contributed by atoms with Crippen molar-refractivity contribution in [2.45, 2.75) is 26.8 Å². The zero-order chi connectivity index (χ0) is 14.5. The van der Waals surface area contributed by atoms with Gasteiger partial charge >= 0.3 is 0 Å². The molecule has 2 rings (SSSR count). The van der Waals surface area contributed by atoms with Crippen LogP contribution in [0.2, 0.25) is 0 Å². The quantitative estimate of drug-likeness (QED) is 0.819. The lowest BCUT2D eigenvalue weighted by atomic mass is 10.1. The average molecular weight is 284 g/mol. The van der Waals surface area contributed by atoms with Gasteiger partial charge in [-0.05, 0) is 56.2 Å². The zero-order valence-electron chi connectivity index (χ0n) is 12.1. The van der Waals surface area contributed by atoms with Crippen molar-refractivity contribution in [2.24, 2.45) is 0 Å². The number of hydrogen-bond acceptors (Lipinski definition) is 1. The Labute approximate surface area is 126 Å². The molecule has 0 heterocycles. The fraction of sp³-hybridized carbons (Fsp3) is 0.235. The largest absolute Gasteiger partial charge is 0.356 e. The molecule has 0 aliphatic carbocycles. The van der Waals surface area contributed by atoms with E-state index in [-0.39, 0.29) is 6.04 Å². The Morgan fingerprint density at radius 1 is 1.00 bits per heavy atom. The molecule has 3 heteroatoms. The minimum Gasteiger partial charge on any atom is -0.356 e. The van der Waals surface area contributed by atoms with Crippen LogP contribution in [0.25, 0.3) is 0 Å². The van der Waals surface area contributed by atoms with Gasteiger partial charge in [-0.25, -0.2) is 0 Å². The highest BCUT2D eigenvalue weighted by Gasteiger charge is 2.06. The summed E-state index contributed by atoms with van der Waals surface area (Å²) >= 11 is 5.36. The second-order valence-corrected chi connectivity index (χ2v) is 5.51. The molecule has 0 radical (unpaired) electrons. The summed E-state index contributed by atoms with van der Waals surface area (Å²) in [4.78, 5) is 0. The monoisotopic (exact) mass is 284 g/mol. The van der Waals surface area contributed by atoms with Crippen molar-refractivity contribution in [1.29, 1.82) is 0 Å². The highest BCUT2D eigenvalue weighted by molar-refractivity contribution is 7.80. The van der Waals surface area contributed by atoms with Gasteiger partial charge in [-0.1, -0.05) is 42.0 Å². The molecule has 0 aromatic heterocycles. The lowest BCUT2D eigenvalue weighted by Crippen LogP contribution is -2.30. The first-order chi connectivity index (χ1) is 9.54. The highest BCUT2D eigenvalue weighted by atomic mass is 32.1. The van der Waals surface area contributed by atoms with E-state index in [9.17, 15) is 0 Å². The molecule has 104 valence electrons. The van der Waals surface area contributed by atoms with E-state index in [1.54, 1.807) is 0 Å². The Hall–Kier alpha value is -1.87. The number of rotatable bonds is 3. The van der Waals surface area contributed by atoms with E-state index in [1.165, 1.54) is 16.7 Å². The Kier molecular flexibility index (Phi) is 4.74. The van der Waals surface area contributed by atoms with E-state index < -0.39 is 0 Å². The summed E-state index contributed by atoms with van der Waals surface area (Å²) in [5.41, 5.74) is 4.72. The lowest BCUT2D eigenvalue weighted by molar-refractivity contribution is 0.722. The molecule has 0 saturated heterocycles. The Bertz CT molecular complexity index is 590. The molecule has 2 aromatic rings. The smallest absolute Gasteiger partial charge is 0.171 e. The summed E-state index contributed by atoms with van der Waals surface area (Å²) in [6.45, 7) is 6.26. The topological polar surface area (TPSA) is 24.1 Å². The van der Waals surface area contributed by atoms with Gasteiger partial charge in [-0.3, -0.25) is 0 Å². The van der Waals surface area contributed by atoms with Crippen LogP contribution in [-0.4, -0.2) is 5.11 Å². The fourth-order valence-electron chi connectivity index (χ4n) is 2.03. The van der Waals surface area contributed by atoms with E-state index in [0.717, 1.165) is 5.69 Å². The number of nitrogens with one attached hydrogen (secondary N) is 2. The summed E-state index contributed by atoms with van der Waals surface area (Å²) in [6.07, 6.45) is 0. The van der Waals surface area contributed by atoms with E-state index in [2.05, 4.69) is 67.8 Å². The van der Waals surface area contributed by atoms with Crippen molar-refractivity contribution in [1.82, 2.24) is 5.32 Å². The van der Waals surface area contributed by atoms with Gasteiger partial charge < -0.3 is 10.6 Å². The number of anilines is 1. The Morgan fingerprint density at radius 2 is 1.70 bits per heavy atom. The van der Waals surface area contributed by atoms with Gasteiger partial charge in [0.2, 0.25) is 0 Å². The second kappa shape index (κ2) is 6.53. The minimum atomic E-state index is 0.181. The average Bonchev–Trinajstić information content (AvgIpc) is 2.39. The number of benzene rings is 2. The Balaban J connectivity index is 1.95. The first kappa shape index (κ1) is 14.5. The first-order valence-electron chi connectivity index (χ1n) is 6.75. The van der Waals surface area contributed by atoms with Crippen LogP contribution in [0.5, 0.6) is 0 Å². The highest BCUT2D eigenvalue weighted by Crippen LogP contribution is 2.14. The summed E-state index contributed by atoms with van der Waals surface area (Å²) in [5, 5.41) is 7.16. The van der Waals surface area contributed by atoms with Crippen LogP contribution < -0.4 is 10.6 Å². The van der Waals surface area contributed by atoms with Gasteiger partial charge in [0.1, 0.15) is 0 Å². The summed E-state index contributed by atoms with van der Waals surface area (Å²) < 4.78 is 0. The second-order valence-electron chi connectivity index (χ2n) is 5.10. The molecule has 20 heavy (non-hydrogen) atoms. The fourth-order valence-corrected chi connectivity index (χ4v) is 2.32. The third kappa shape index (κ3) is 4.07. The normalized spacial score (nSPS) is 11.8. The van der Waals surface area contributed by atoms with Crippen molar-refractivity contribution in [3.63, 3.8) is 0 Å². The molecule has 0 bridgehead atoms. The van der Waals surface area contributed by atoms with Crippen LogP contribution >= 0.6 is 12.2 Å². The molecule has 0 spiro atoms.